The van der Waals surface area contributed by atoms with Gasteiger partial charge in [-0.2, -0.15) is 5.10 Å². The molecule has 0 aliphatic rings. The van der Waals surface area contributed by atoms with E-state index in [4.69, 9.17) is 0 Å². The number of hydrogen-bond acceptors (Lipinski definition) is 2. The molecule has 1 atom stereocenters. The fourth-order valence-corrected chi connectivity index (χ4v) is 3.64. The van der Waals surface area contributed by atoms with Crippen molar-refractivity contribution in [3.05, 3.63) is 46.4 Å². The van der Waals surface area contributed by atoms with E-state index >= 15 is 0 Å². The maximum absolute atomic E-state index is 13.2. The zero-order valence-corrected chi connectivity index (χ0v) is 17.7. The Hall–Kier alpha value is -1.05. The van der Waals surface area contributed by atoms with Gasteiger partial charge in [-0.1, -0.05) is 0 Å². The summed E-state index contributed by atoms with van der Waals surface area (Å²) < 4.78 is 31.1. The molecule has 1 aromatic heterocycles. The first-order chi connectivity index (χ1) is 11.5. The van der Waals surface area contributed by atoms with E-state index in [9.17, 15) is 8.60 Å². The van der Waals surface area contributed by atoms with Gasteiger partial charge in [-0.05, 0) is 87.7 Å². The Kier molecular flexibility index (Phi) is 6.22. The zero-order chi connectivity index (χ0) is 18.8. The third kappa shape index (κ3) is 5.46. The predicted molar refractivity (Wildman–Crippen MR) is 105 cm³/mol. The van der Waals surface area contributed by atoms with E-state index in [0.29, 0.717) is 0 Å². The molecule has 4 nitrogen and oxygen atoms in total. The summed E-state index contributed by atoms with van der Waals surface area (Å²) >= 11 is 3.54. The van der Waals surface area contributed by atoms with Crippen LogP contribution in [0.15, 0.2) is 34.9 Å². The Bertz CT molecular complexity index is 751. The van der Waals surface area contributed by atoms with E-state index in [1.807, 2.05) is 34.6 Å². The molecule has 2 rings (SSSR count). The van der Waals surface area contributed by atoms with Crippen molar-refractivity contribution in [3.8, 4) is 5.69 Å². The molecule has 1 N–H and O–H groups in total. The van der Waals surface area contributed by atoms with E-state index in [1.54, 1.807) is 23.0 Å². The first kappa shape index (κ1) is 20.3. The van der Waals surface area contributed by atoms with E-state index in [0.717, 1.165) is 28.7 Å². The highest BCUT2D eigenvalue weighted by Crippen LogP contribution is 2.25. The molecule has 0 fully saturated rings. The lowest BCUT2D eigenvalue weighted by Gasteiger charge is -2.30. The third-order valence-electron chi connectivity index (χ3n) is 3.80. The molecule has 0 amide bonds. The summed E-state index contributed by atoms with van der Waals surface area (Å²) in [6.45, 7) is 9.94. The highest BCUT2D eigenvalue weighted by molar-refractivity contribution is 9.10. The number of rotatable bonds is 6. The van der Waals surface area contributed by atoms with Crippen molar-refractivity contribution in [2.75, 3.05) is 0 Å². The second-order valence-electron chi connectivity index (χ2n) is 7.69. The molecule has 0 radical (unpaired) electrons. The number of hydrogen-bond donors (Lipinski definition) is 1. The van der Waals surface area contributed by atoms with Gasteiger partial charge in [-0.3, -0.25) is 0 Å². The van der Waals surface area contributed by atoms with Crippen LogP contribution < -0.4 is 4.72 Å². The quantitative estimate of drug-likeness (QED) is 0.732. The number of nitrogens with one attached hydrogen (secondary N) is 1. The van der Waals surface area contributed by atoms with Crippen molar-refractivity contribution in [2.45, 2.75) is 57.7 Å². The molecule has 0 aliphatic carbocycles. The Morgan fingerprint density at radius 2 is 1.80 bits per heavy atom. The molecule has 2 aromatic rings. The lowest BCUT2D eigenvalue weighted by Crippen LogP contribution is -2.46. The fraction of sp³-hybridized carbons (Fsp3) is 0.500. The van der Waals surface area contributed by atoms with E-state index in [1.165, 1.54) is 12.1 Å². The van der Waals surface area contributed by atoms with Crippen LogP contribution in [0.5, 0.6) is 0 Å². The maximum atomic E-state index is 13.2. The molecule has 0 saturated heterocycles. The fourth-order valence-electron chi connectivity index (χ4n) is 2.27. The standard InChI is InChI=1S/C18H25BrFN3OS/c1-17(2,3)25(24)22-18(4,5)11-10-16-15(19)12-21-23(16)14-8-6-13(20)7-9-14/h6-9,12,22H,10-11H2,1-5H3. The molecule has 138 valence electrons. The van der Waals surface area contributed by atoms with Crippen LogP contribution in [0.1, 0.15) is 46.7 Å². The van der Waals surface area contributed by atoms with Crippen molar-refractivity contribution < 1.29 is 8.60 Å². The van der Waals surface area contributed by atoms with E-state index in [2.05, 4.69) is 25.8 Å². The van der Waals surface area contributed by atoms with Crippen molar-refractivity contribution in [1.82, 2.24) is 14.5 Å². The van der Waals surface area contributed by atoms with Gasteiger partial charge in [-0.25, -0.2) is 18.0 Å². The lowest BCUT2D eigenvalue weighted by molar-refractivity contribution is 0.426. The number of halogens is 2. The first-order valence-corrected chi connectivity index (χ1v) is 10.1. The molecule has 1 aromatic carbocycles. The molecule has 0 aliphatic heterocycles. The van der Waals surface area contributed by atoms with Gasteiger partial charge in [0, 0.05) is 5.54 Å². The Morgan fingerprint density at radius 1 is 1.20 bits per heavy atom. The predicted octanol–water partition coefficient (Wildman–Crippen LogP) is 4.54. The van der Waals surface area contributed by atoms with Crippen LogP contribution in [-0.4, -0.2) is 24.3 Å². The van der Waals surface area contributed by atoms with Gasteiger partial charge in [0.1, 0.15) is 5.82 Å². The van der Waals surface area contributed by atoms with E-state index in [-0.39, 0.29) is 16.1 Å². The van der Waals surface area contributed by atoms with Crippen molar-refractivity contribution in [2.24, 2.45) is 0 Å². The average molecular weight is 430 g/mol. The first-order valence-electron chi connectivity index (χ1n) is 8.18. The molecule has 1 unspecified atom stereocenters. The summed E-state index contributed by atoms with van der Waals surface area (Å²) in [5, 5.41) is 4.38. The molecule has 7 heteroatoms. The zero-order valence-electron chi connectivity index (χ0n) is 15.3. The number of benzene rings is 1. The van der Waals surface area contributed by atoms with Crippen molar-refractivity contribution in [1.29, 1.82) is 0 Å². The minimum absolute atomic E-state index is 0.272. The summed E-state index contributed by atoms with van der Waals surface area (Å²) in [5.41, 5.74) is 1.52. The molecule has 25 heavy (non-hydrogen) atoms. The molecule has 1 heterocycles. The van der Waals surface area contributed by atoms with Crippen LogP contribution >= 0.6 is 15.9 Å². The highest BCUT2D eigenvalue weighted by Gasteiger charge is 2.27. The van der Waals surface area contributed by atoms with Crippen LogP contribution in [0.3, 0.4) is 0 Å². The monoisotopic (exact) mass is 429 g/mol. The Morgan fingerprint density at radius 3 is 2.36 bits per heavy atom. The number of aromatic nitrogens is 2. The van der Waals surface area contributed by atoms with Crippen molar-refractivity contribution >= 4 is 26.9 Å². The maximum Gasteiger partial charge on any atom is 0.123 e. The number of nitrogens with zero attached hydrogens (tertiary/aromatic N) is 2. The lowest BCUT2D eigenvalue weighted by atomic mass is 9.99. The minimum atomic E-state index is -1.13. The van der Waals surface area contributed by atoms with Gasteiger partial charge in [0.2, 0.25) is 0 Å². The van der Waals surface area contributed by atoms with Gasteiger partial charge in [-0.15, -0.1) is 0 Å². The van der Waals surface area contributed by atoms with Crippen LogP contribution in [-0.2, 0) is 17.4 Å². The summed E-state index contributed by atoms with van der Waals surface area (Å²) in [4.78, 5) is 0. The summed E-state index contributed by atoms with van der Waals surface area (Å²) in [6, 6.07) is 6.26. The van der Waals surface area contributed by atoms with Gasteiger partial charge >= 0.3 is 0 Å². The van der Waals surface area contributed by atoms with Crippen LogP contribution in [0, 0.1) is 5.82 Å². The van der Waals surface area contributed by atoms with E-state index < -0.39 is 11.0 Å². The molecular formula is C18H25BrFN3OS. The average Bonchev–Trinajstić information content (AvgIpc) is 2.86. The minimum Gasteiger partial charge on any atom is -0.242 e. The van der Waals surface area contributed by atoms with Crippen LogP contribution in [0.4, 0.5) is 4.39 Å². The molecule has 0 spiro atoms. The molecule has 0 saturated carbocycles. The second-order valence-corrected chi connectivity index (χ2v) is 10.5. The van der Waals surface area contributed by atoms with Gasteiger partial charge in [0.25, 0.3) is 0 Å². The largest absolute Gasteiger partial charge is 0.242 e. The van der Waals surface area contributed by atoms with Gasteiger partial charge < -0.3 is 0 Å². The Labute approximate surface area is 159 Å². The summed E-state index contributed by atoms with van der Waals surface area (Å²) in [5.74, 6) is -0.272. The summed E-state index contributed by atoms with van der Waals surface area (Å²) in [6.07, 6.45) is 3.26. The van der Waals surface area contributed by atoms with Crippen LogP contribution in [0.2, 0.25) is 0 Å². The normalized spacial score (nSPS) is 13.9. The summed E-state index contributed by atoms with van der Waals surface area (Å²) in [7, 11) is -1.13. The topological polar surface area (TPSA) is 46.9 Å². The van der Waals surface area contributed by atoms with Gasteiger partial charge in [0.05, 0.1) is 37.8 Å². The highest BCUT2D eigenvalue weighted by atomic mass is 79.9. The van der Waals surface area contributed by atoms with Gasteiger partial charge in [0.15, 0.2) is 0 Å². The second kappa shape index (κ2) is 7.68. The smallest absolute Gasteiger partial charge is 0.123 e. The molecule has 0 bridgehead atoms. The Balaban J connectivity index is 2.14. The SMILES string of the molecule is CC(C)(CCc1c(Br)cnn1-c1ccc(F)cc1)NS(=O)C(C)(C)C. The van der Waals surface area contributed by atoms with Crippen molar-refractivity contribution in [3.63, 3.8) is 0 Å². The van der Waals surface area contributed by atoms with Crippen LogP contribution in [0.25, 0.3) is 5.69 Å². The third-order valence-corrected chi connectivity index (χ3v) is 6.31. The molecular weight excluding hydrogens is 405 g/mol.